The van der Waals surface area contributed by atoms with Crippen molar-refractivity contribution in [3.8, 4) is 23.0 Å². The van der Waals surface area contributed by atoms with E-state index in [2.05, 4.69) is 239 Å². The summed E-state index contributed by atoms with van der Waals surface area (Å²) < 4.78 is 15.3. The van der Waals surface area contributed by atoms with E-state index in [4.69, 9.17) is 9.47 Å². The van der Waals surface area contributed by atoms with E-state index in [9.17, 15) is 0 Å². The summed E-state index contributed by atoms with van der Waals surface area (Å²) in [7, 11) is 0. The van der Waals surface area contributed by atoms with E-state index in [1.807, 2.05) is 23.5 Å². The molecule has 9 aromatic rings. The molecular formula is C73H71B2IN2O2S2. The number of unbranched alkanes of at least 4 members (excludes halogenated alkanes) is 4. The molecule has 410 valence electrons. The monoisotopic (exact) mass is 1220 g/mol. The number of fused-ring (bicyclic) bond motifs is 8. The van der Waals surface area contributed by atoms with Crippen LogP contribution < -0.4 is 52.1 Å². The van der Waals surface area contributed by atoms with E-state index in [-0.39, 0.29) is 13.4 Å². The number of anilines is 6. The molecule has 0 fully saturated rings. The van der Waals surface area contributed by atoms with Crippen molar-refractivity contribution in [2.45, 2.75) is 145 Å². The second-order valence-electron chi connectivity index (χ2n) is 23.3. The average molecular weight is 1220 g/mol. The minimum atomic E-state index is -0.0132. The predicted molar refractivity (Wildman–Crippen MR) is 361 cm³/mol. The molecule has 0 aliphatic carbocycles. The van der Waals surface area contributed by atoms with Crippen LogP contribution in [0.15, 0.2) is 177 Å². The molecule has 0 saturated heterocycles. The van der Waals surface area contributed by atoms with E-state index >= 15 is 0 Å². The summed E-state index contributed by atoms with van der Waals surface area (Å²) in [6.45, 7) is 15.8. The normalized spacial score (nSPS) is 13.3. The summed E-state index contributed by atoms with van der Waals surface area (Å²) in [5, 5.41) is 0. The molecule has 9 aromatic carbocycles. The molecule has 0 unspecified atom stereocenters. The fourth-order valence-corrected chi connectivity index (χ4v) is 16.7. The van der Waals surface area contributed by atoms with Crippen LogP contribution in [0.2, 0.25) is 0 Å². The smallest absolute Gasteiger partial charge is 0.250 e. The maximum absolute atomic E-state index is 6.99. The maximum atomic E-state index is 6.99. The van der Waals surface area contributed by atoms with Gasteiger partial charge in [0.05, 0.1) is 0 Å². The lowest BCUT2D eigenvalue weighted by Gasteiger charge is -2.43. The van der Waals surface area contributed by atoms with Crippen LogP contribution in [0.3, 0.4) is 0 Å². The molecule has 0 saturated carbocycles. The number of rotatable bonds is 18. The second kappa shape index (κ2) is 23.4. The molecule has 0 atom stereocenters. The minimum Gasteiger partial charge on any atom is -0.457 e. The van der Waals surface area contributed by atoms with Gasteiger partial charge in [-0.25, -0.2) is 0 Å². The lowest BCUT2D eigenvalue weighted by molar-refractivity contribution is 0.481. The zero-order valence-corrected chi connectivity index (χ0v) is 52.3. The molecule has 4 aliphatic rings. The first-order valence-electron chi connectivity index (χ1n) is 30.2. The lowest BCUT2D eigenvalue weighted by atomic mass is 9.31. The van der Waals surface area contributed by atoms with E-state index < -0.39 is 0 Å². The fraction of sp³-hybridized carbons (Fsp3) is 0.260. The van der Waals surface area contributed by atoms with Crippen LogP contribution in [0.25, 0.3) is 0 Å². The number of aryl methyl sites for hydroxylation is 7. The van der Waals surface area contributed by atoms with Crippen molar-refractivity contribution >= 4 is 126 Å². The number of benzene rings is 9. The summed E-state index contributed by atoms with van der Waals surface area (Å²) in [4.78, 5) is 10.2. The summed E-state index contributed by atoms with van der Waals surface area (Å²) >= 11 is 6.49. The zero-order chi connectivity index (χ0) is 56.2. The van der Waals surface area contributed by atoms with Crippen molar-refractivity contribution in [1.82, 2.24) is 0 Å². The molecule has 82 heavy (non-hydrogen) atoms. The van der Waals surface area contributed by atoms with Crippen LogP contribution in [0, 0.1) is 24.3 Å². The molecule has 9 heteroatoms. The van der Waals surface area contributed by atoms with Crippen LogP contribution in [0.1, 0.15) is 118 Å². The van der Waals surface area contributed by atoms with Crippen LogP contribution in [0.5, 0.6) is 23.0 Å². The Hall–Kier alpha value is -6.26. The standard InChI is InChI=1S/C73H71B2IN2O2S2/c1-8-12-16-49-22-30-54(31-23-49)78-63-39-48(7)37-61(76)71(63)75-60-44-59-66(45-67(60)82-69-43-58(41-65(78)73(69)75)80-56-34-26-51(27-35-56)18-14-10-3)81-68-42-57(79-55-32-24-50(25-33-55)17-13-9-2)40-64-72(68)74(59)70-52(19-15-11-4)36-47(6)38-62(70)77(64)53-28-20-46(5)21-29-53/h20-45H,8-19H2,1-7H3. The van der Waals surface area contributed by atoms with Gasteiger partial charge in [-0.05, 0) is 229 Å². The van der Waals surface area contributed by atoms with E-state index in [0.29, 0.717) is 0 Å². The molecule has 13 rings (SSSR count). The molecule has 4 nitrogen and oxygen atoms in total. The number of nitrogens with zero attached hydrogens (tertiary/aromatic N) is 2. The van der Waals surface area contributed by atoms with Crippen LogP contribution >= 0.6 is 46.1 Å². The van der Waals surface area contributed by atoms with E-state index in [0.717, 1.165) is 67.2 Å². The van der Waals surface area contributed by atoms with Crippen molar-refractivity contribution in [2.24, 2.45) is 0 Å². The van der Waals surface area contributed by atoms with Crippen molar-refractivity contribution in [3.63, 3.8) is 0 Å². The van der Waals surface area contributed by atoms with Gasteiger partial charge < -0.3 is 19.3 Å². The molecule has 0 aromatic heterocycles. The average Bonchev–Trinajstić information content (AvgIpc) is 3.65. The van der Waals surface area contributed by atoms with Gasteiger partial charge in [-0.1, -0.05) is 160 Å². The summed E-state index contributed by atoms with van der Waals surface area (Å²) in [6.07, 6.45) is 13.6. The Balaban J connectivity index is 1.02. The highest BCUT2D eigenvalue weighted by Crippen LogP contribution is 2.49. The molecule has 4 aliphatic heterocycles. The largest absolute Gasteiger partial charge is 0.457 e. The summed E-state index contributed by atoms with van der Waals surface area (Å²) in [6, 6.07) is 60.5. The number of ether oxygens (including phenoxy) is 2. The van der Waals surface area contributed by atoms with Gasteiger partial charge in [0.25, 0.3) is 6.71 Å². The van der Waals surface area contributed by atoms with Crippen molar-refractivity contribution < 1.29 is 9.47 Å². The highest BCUT2D eigenvalue weighted by atomic mass is 127. The van der Waals surface area contributed by atoms with Gasteiger partial charge >= 0.3 is 0 Å². The SMILES string of the molecule is CCCCc1ccc(Oc2cc3c4c(c2)N(c2ccc(CCCC)cc2)c2cc(C)cc(I)c2B4c2cc4c(cc2S3)Sc2cc(Oc3ccc(CCCC)cc3)cc3c2B4c2c(CCCC)cc(C)cc2N3c2ccc(C)cc2)cc1. The first-order chi connectivity index (χ1) is 40.1. The van der Waals surface area contributed by atoms with Gasteiger partial charge in [0, 0.05) is 69.4 Å². The van der Waals surface area contributed by atoms with Gasteiger partial charge in [0.2, 0.25) is 6.71 Å². The van der Waals surface area contributed by atoms with Gasteiger partial charge in [-0.15, -0.1) is 0 Å². The van der Waals surface area contributed by atoms with Crippen molar-refractivity contribution in [1.29, 1.82) is 0 Å². The Morgan fingerprint density at radius 3 is 1.28 bits per heavy atom. The highest BCUT2D eigenvalue weighted by molar-refractivity contribution is 14.1. The third-order valence-electron chi connectivity index (χ3n) is 17.2. The number of hydrogen-bond acceptors (Lipinski definition) is 6. The van der Waals surface area contributed by atoms with E-state index in [1.165, 1.54) is 162 Å². The number of halogens is 1. The Kier molecular flexibility index (Phi) is 15.7. The third kappa shape index (κ3) is 10.4. The van der Waals surface area contributed by atoms with Gasteiger partial charge in [0.15, 0.2) is 0 Å². The van der Waals surface area contributed by atoms with Crippen LogP contribution in [-0.4, -0.2) is 13.4 Å². The Labute approximate surface area is 510 Å². The molecule has 0 spiro atoms. The molecule has 0 amide bonds. The zero-order valence-electron chi connectivity index (χ0n) is 48.6. The Morgan fingerprint density at radius 2 is 0.793 bits per heavy atom. The summed E-state index contributed by atoms with van der Waals surface area (Å²) in [5.41, 5.74) is 24.8. The van der Waals surface area contributed by atoms with Crippen LogP contribution in [0.4, 0.5) is 34.1 Å². The first kappa shape index (κ1) is 55.0. The van der Waals surface area contributed by atoms with Crippen molar-refractivity contribution in [3.05, 3.63) is 200 Å². The molecule has 0 radical (unpaired) electrons. The minimum absolute atomic E-state index is 0.000444. The topological polar surface area (TPSA) is 24.9 Å². The summed E-state index contributed by atoms with van der Waals surface area (Å²) in [5.74, 6) is 3.42. The maximum Gasteiger partial charge on any atom is 0.250 e. The van der Waals surface area contributed by atoms with Crippen LogP contribution in [-0.2, 0) is 25.7 Å². The first-order valence-corrected chi connectivity index (χ1v) is 32.9. The number of hydrogen-bond donors (Lipinski definition) is 0. The van der Waals surface area contributed by atoms with Gasteiger partial charge in [-0.2, -0.15) is 0 Å². The fourth-order valence-electron chi connectivity index (χ4n) is 13.1. The highest BCUT2D eigenvalue weighted by Gasteiger charge is 2.47. The second-order valence-corrected chi connectivity index (χ2v) is 26.7. The quantitative estimate of drug-likeness (QED) is 0.0627. The van der Waals surface area contributed by atoms with Gasteiger partial charge in [-0.3, -0.25) is 0 Å². The van der Waals surface area contributed by atoms with Gasteiger partial charge in [0.1, 0.15) is 23.0 Å². The Bertz CT molecular complexity index is 3880. The van der Waals surface area contributed by atoms with E-state index in [1.54, 1.807) is 0 Å². The predicted octanol–water partition coefficient (Wildman–Crippen LogP) is 17.7. The Morgan fingerprint density at radius 1 is 0.378 bits per heavy atom. The lowest BCUT2D eigenvalue weighted by Crippen LogP contribution is -2.64. The molecular weight excluding hydrogens is 1150 g/mol. The van der Waals surface area contributed by atoms with Crippen molar-refractivity contribution in [2.75, 3.05) is 9.80 Å². The molecule has 0 bridgehead atoms. The third-order valence-corrected chi connectivity index (χ3v) is 20.4. The molecule has 4 heterocycles. The molecule has 0 N–H and O–H groups in total.